The Bertz CT molecular complexity index is 1790. The summed E-state index contributed by atoms with van der Waals surface area (Å²) in [5.41, 5.74) is -1.06. The molecule has 5 aliphatic heterocycles. The third-order valence-electron chi connectivity index (χ3n) is 12.1. The largest absolute Gasteiger partial charge is 0.477 e. The van der Waals surface area contributed by atoms with E-state index < -0.39 is 47.2 Å². The first kappa shape index (κ1) is 33.5. The van der Waals surface area contributed by atoms with Gasteiger partial charge >= 0.3 is 11.9 Å². The molecule has 5 saturated heterocycles. The molecule has 1 aromatic carbocycles. The quantitative estimate of drug-likeness (QED) is 0.326. The lowest BCUT2D eigenvalue weighted by Gasteiger charge is -2.59. The highest BCUT2D eigenvalue weighted by Crippen LogP contribution is 2.60. The number of rotatable bonds is 7. The highest BCUT2D eigenvalue weighted by molar-refractivity contribution is 5.93. The highest BCUT2D eigenvalue weighted by atomic mass is 19.1. The van der Waals surface area contributed by atoms with Crippen LogP contribution in [0.15, 0.2) is 23.1 Å². The Labute approximate surface area is 288 Å². The van der Waals surface area contributed by atoms with E-state index in [0.717, 1.165) is 38.2 Å². The maximum Gasteiger partial charge on any atom is 0.341 e. The number of aromatic nitrogens is 1. The number of carbonyl (C=O) groups is 3. The van der Waals surface area contributed by atoms with E-state index >= 15 is 4.39 Å². The molecular formula is C36H44FN3O10. The average molecular weight is 698 g/mol. The fourth-order valence-electron chi connectivity index (χ4n) is 9.17. The molecule has 6 heterocycles. The minimum absolute atomic E-state index is 0.0109. The Morgan fingerprint density at radius 1 is 1.00 bits per heavy atom. The number of piperazine rings is 1. The number of hydrogen-bond donors (Lipinski definition) is 1. The predicted molar refractivity (Wildman–Crippen MR) is 174 cm³/mol. The van der Waals surface area contributed by atoms with E-state index in [1.807, 2.05) is 18.7 Å². The van der Waals surface area contributed by atoms with Gasteiger partial charge in [0.15, 0.2) is 11.9 Å². The van der Waals surface area contributed by atoms with Gasteiger partial charge in [-0.3, -0.25) is 14.4 Å². The van der Waals surface area contributed by atoms with Crippen molar-refractivity contribution in [3.05, 3.63) is 39.9 Å². The van der Waals surface area contributed by atoms with E-state index in [1.165, 1.54) is 6.20 Å². The van der Waals surface area contributed by atoms with E-state index in [1.54, 1.807) is 15.5 Å². The first-order chi connectivity index (χ1) is 23.9. The van der Waals surface area contributed by atoms with E-state index in [0.29, 0.717) is 49.7 Å². The Morgan fingerprint density at radius 2 is 1.76 bits per heavy atom. The Kier molecular flexibility index (Phi) is 8.24. The zero-order chi connectivity index (χ0) is 35.1. The number of ether oxygens (including phenoxy) is 3. The monoisotopic (exact) mass is 697 g/mol. The Morgan fingerprint density at radius 3 is 2.48 bits per heavy atom. The third-order valence-corrected chi connectivity index (χ3v) is 12.1. The standard InChI is InChI=1S/C36H44FN3O10/c1-19-4-7-25-20(2)33(47-34-36(25)24(19)10-11-35(3,48-34)49-50-36)46-30(42)9-8-29(41)39-14-12-38(13-15-39)28-17-27-22(16-26(28)37)31(43)23(32(44)45)18-40(27)21-5-6-21/h16-21,24-25,33-34H,4-15H2,1-3H3,(H,44,45)/t19-,20-,24?,25+,33+,34-,35+,36?/m1/s1. The molecule has 8 atom stereocenters. The normalized spacial score (nSPS) is 35.0. The van der Waals surface area contributed by atoms with Gasteiger partial charge in [-0.05, 0) is 63.0 Å². The topological polar surface area (TPSA) is 146 Å². The maximum absolute atomic E-state index is 15.4. The number of esters is 1. The molecule has 9 rings (SSSR count). The first-order valence-electron chi connectivity index (χ1n) is 17.9. The second kappa shape index (κ2) is 12.3. The van der Waals surface area contributed by atoms with Crippen molar-refractivity contribution in [3.63, 3.8) is 0 Å². The number of aromatic carboxylic acids is 1. The number of hydrogen-bond acceptors (Lipinski definition) is 10. The van der Waals surface area contributed by atoms with Gasteiger partial charge in [-0.15, -0.1) is 0 Å². The van der Waals surface area contributed by atoms with E-state index in [4.69, 9.17) is 24.0 Å². The van der Waals surface area contributed by atoms with Crippen LogP contribution in [-0.2, 0) is 33.6 Å². The number of nitrogens with zero attached hydrogens (tertiary/aromatic N) is 3. The van der Waals surface area contributed by atoms with Crippen molar-refractivity contribution in [2.75, 3.05) is 31.1 Å². The predicted octanol–water partition coefficient (Wildman–Crippen LogP) is 4.35. The van der Waals surface area contributed by atoms with Crippen molar-refractivity contribution < 1.29 is 47.9 Å². The number of carbonyl (C=O) groups excluding carboxylic acids is 2. The summed E-state index contributed by atoms with van der Waals surface area (Å²) in [6.45, 7) is 7.43. The van der Waals surface area contributed by atoms with Crippen LogP contribution >= 0.6 is 0 Å². The van der Waals surface area contributed by atoms with Crippen LogP contribution < -0.4 is 10.3 Å². The summed E-state index contributed by atoms with van der Waals surface area (Å²) in [6, 6.07) is 2.80. The minimum atomic E-state index is -1.34. The molecule has 0 radical (unpaired) electrons. The van der Waals surface area contributed by atoms with Gasteiger partial charge in [0, 0.05) is 68.5 Å². The third kappa shape index (κ3) is 5.49. The number of amides is 1. The number of halogens is 1. The molecular weight excluding hydrogens is 653 g/mol. The molecule has 1 spiro atoms. The first-order valence-corrected chi connectivity index (χ1v) is 17.9. The SMILES string of the molecule is C[C@H]1[C@@H](OC(=O)CCC(=O)N2CCN(c3cc4c(cc3F)c(=O)c(C(=O)O)cn4C3CC3)CC2)O[C@@H]2O[C@]3(C)CCC4[C@H](C)CC[C@@H]1C42OO3. The molecule has 13 nitrogen and oxygen atoms in total. The van der Waals surface area contributed by atoms with Crippen LogP contribution in [0.25, 0.3) is 10.9 Å². The molecule has 2 saturated carbocycles. The second-order valence-electron chi connectivity index (χ2n) is 15.3. The molecule has 1 amide bonds. The molecule has 14 heteroatoms. The van der Waals surface area contributed by atoms with Crippen LogP contribution in [0, 0.1) is 29.5 Å². The fourth-order valence-corrected chi connectivity index (χ4v) is 9.17. The summed E-state index contributed by atoms with van der Waals surface area (Å²) in [7, 11) is 0. The number of benzene rings is 1. The lowest BCUT2D eigenvalue weighted by molar-refractivity contribution is -0.576. The van der Waals surface area contributed by atoms with E-state index in [9.17, 15) is 24.3 Å². The van der Waals surface area contributed by atoms with Crippen LogP contribution in [0.5, 0.6) is 0 Å². The molecule has 7 aliphatic rings. The maximum atomic E-state index is 15.4. The lowest BCUT2D eigenvalue weighted by atomic mass is 9.58. The molecule has 2 aliphatic carbocycles. The van der Waals surface area contributed by atoms with Gasteiger partial charge < -0.3 is 33.7 Å². The van der Waals surface area contributed by atoms with Gasteiger partial charge in [0.2, 0.25) is 23.4 Å². The van der Waals surface area contributed by atoms with E-state index in [-0.39, 0.29) is 53.5 Å². The zero-order valence-corrected chi connectivity index (χ0v) is 28.6. The summed E-state index contributed by atoms with van der Waals surface area (Å²) in [6.07, 6.45) is 4.82. The van der Waals surface area contributed by atoms with Crippen LogP contribution in [0.1, 0.15) is 88.5 Å². The summed E-state index contributed by atoms with van der Waals surface area (Å²) in [4.78, 5) is 66.3. The minimum Gasteiger partial charge on any atom is -0.477 e. The van der Waals surface area contributed by atoms with Gasteiger partial charge in [-0.25, -0.2) is 19.0 Å². The number of carboxylic acids is 1. The summed E-state index contributed by atoms with van der Waals surface area (Å²) in [5.74, 6) is -3.18. The van der Waals surface area contributed by atoms with Crippen LogP contribution in [0.4, 0.5) is 10.1 Å². The van der Waals surface area contributed by atoms with Crippen molar-refractivity contribution >= 4 is 34.4 Å². The van der Waals surface area contributed by atoms with Crippen molar-refractivity contribution in [1.82, 2.24) is 9.47 Å². The van der Waals surface area contributed by atoms with Gasteiger partial charge in [-0.2, -0.15) is 0 Å². The molecule has 2 bridgehead atoms. The second-order valence-corrected chi connectivity index (χ2v) is 15.3. The van der Waals surface area contributed by atoms with Crippen LogP contribution in [0.3, 0.4) is 0 Å². The summed E-state index contributed by atoms with van der Waals surface area (Å²) >= 11 is 0. The molecule has 1 aromatic heterocycles. The summed E-state index contributed by atoms with van der Waals surface area (Å²) < 4.78 is 35.7. The number of carboxylic acid groups (broad SMARTS) is 1. The molecule has 2 aromatic rings. The Balaban J connectivity index is 0.885. The zero-order valence-electron chi connectivity index (χ0n) is 28.6. The van der Waals surface area contributed by atoms with Crippen molar-refractivity contribution in [3.8, 4) is 0 Å². The van der Waals surface area contributed by atoms with Gasteiger partial charge in [0.1, 0.15) is 11.4 Å². The Hall–Kier alpha value is -3.59. The fraction of sp³-hybridized carbons (Fsp3) is 0.667. The smallest absolute Gasteiger partial charge is 0.341 e. The molecule has 2 unspecified atom stereocenters. The number of pyridine rings is 1. The van der Waals surface area contributed by atoms with Gasteiger partial charge in [-0.1, -0.05) is 13.8 Å². The van der Waals surface area contributed by atoms with Crippen molar-refractivity contribution in [2.24, 2.45) is 23.7 Å². The van der Waals surface area contributed by atoms with Crippen molar-refractivity contribution in [1.29, 1.82) is 0 Å². The van der Waals surface area contributed by atoms with Crippen LogP contribution in [0.2, 0.25) is 0 Å². The van der Waals surface area contributed by atoms with Gasteiger partial charge in [0.05, 0.1) is 17.6 Å². The molecule has 50 heavy (non-hydrogen) atoms. The average Bonchev–Trinajstić information content (AvgIpc) is 3.95. The number of fused-ring (bicyclic) bond motifs is 3. The molecule has 1 N–H and O–H groups in total. The van der Waals surface area contributed by atoms with Gasteiger partial charge in [0.25, 0.3) is 0 Å². The lowest BCUT2D eigenvalue weighted by Crippen LogP contribution is -2.70. The van der Waals surface area contributed by atoms with E-state index in [2.05, 4.69) is 6.92 Å². The molecule has 270 valence electrons. The highest BCUT2D eigenvalue weighted by Gasteiger charge is 2.69. The number of anilines is 1. The van der Waals surface area contributed by atoms with Crippen LogP contribution in [-0.4, -0.2) is 82.6 Å². The molecule has 7 fully saturated rings. The van der Waals surface area contributed by atoms with Crippen molar-refractivity contribution in [2.45, 2.75) is 102 Å². The summed E-state index contributed by atoms with van der Waals surface area (Å²) in [5, 5.41) is 9.56.